The molecule has 24 heavy (non-hydrogen) atoms. The molecule has 0 spiro atoms. The molecular formula is C16H18FN5O2. The second-order valence-corrected chi connectivity index (χ2v) is 5.32. The number of hydrogen-bond acceptors (Lipinski definition) is 6. The molecule has 126 valence electrons. The van der Waals surface area contributed by atoms with Crippen LogP contribution >= 0.6 is 0 Å². The molecule has 0 aliphatic carbocycles. The van der Waals surface area contributed by atoms with Gasteiger partial charge in [-0.2, -0.15) is 11.1 Å². The Hall–Kier alpha value is -2.36. The molecule has 0 radical (unpaired) electrons. The number of amides is 1. The van der Waals surface area contributed by atoms with Crippen molar-refractivity contribution >= 4 is 5.91 Å². The van der Waals surface area contributed by atoms with Crippen LogP contribution in [-0.2, 0) is 0 Å². The number of nitrogens with one attached hydrogen (secondary N) is 5. The van der Waals surface area contributed by atoms with Crippen molar-refractivity contribution < 1.29 is 14.3 Å². The smallest absolute Gasteiger partial charge is 0.252 e. The van der Waals surface area contributed by atoms with Crippen LogP contribution in [0.4, 0.5) is 4.39 Å². The Kier molecular flexibility index (Phi) is 5.14. The molecule has 0 bridgehead atoms. The van der Waals surface area contributed by atoms with E-state index in [2.05, 4.69) is 27.2 Å². The van der Waals surface area contributed by atoms with E-state index in [1.165, 1.54) is 24.3 Å². The first kappa shape index (κ1) is 16.5. The molecule has 2 aromatic rings. The lowest BCUT2D eigenvalue weighted by atomic mass is 10.0. The highest BCUT2D eigenvalue weighted by atomic mass is 19.1. The van der Waals surface area contributed by atoms with E-state index < -0.39 is 6.04 Å². The van der Waals surface area contributed by atoms with Gasteiger partial charge in [0, 0.05) is 5.56 Å². The number of hydrazine groups is 3. The van der Waals surface area contributed by atoms with Crippen molar-refractivity contribution in [1.82, 2.24) is 27.2 Å². The van der Waals surface area contributed by atoms with Crippen LogP contribution in [0.5, 0.6) is 0 Å². The first-order valence-electron chi connectivity index (χ1n) is 7.46. The largest absolute Gasteiger partial charge is 0.394 e. The van der Waals surface area contributed by atoms with E-state index >= 15 is 0 Å². The molecule has 6 N–H and O–H groups in total. The van der Waals surface area contributed by atoms with Gasteiger partial charge in [-0.1, -0.05) is 30.3 Å². The summed E-state index contributed by atoms with van der Waals surface area (Å²) < 4.78 is 13.0. The van der Waals surface area contributed by atoms with E-state index in [1.54, 1.807) is 12.1 Å². The molecule has 0 aromatic heterocycles. The fourth-order valence-electron chi connectivity index (χ4n) is 2.53. The Morgan fingerprint density at radius 1 is 1.12 bits per heavy atom. The number of halogens is 1. The number of carbonyl (C=O) groups is 1. The summed E-state index contributed by atoms with van der Waals surface area (Å²) in [5.41, 5.74) is 13.1. The van der Waals surface area contributed by atoms with Crippen LogP contribution in [-0.4, -0.2) is 17.6 Å². The van der Waals surface area contributed by atoms with Crippen molar-refractivity contribution in [1.29, 1.82) is 0 Å². The maximum absolute atomic E-state index is 13.0. The molecule has 1 aliphatic rings. The van der Waals surface area contributed by atoms with Crippen LogP contribution < -0.4 is 27.2 Å². The van der Waals surface area contributed by atoms with Gasteiger partial charge in [-0.15, -0.1) is 0 Å². The van der Waals surface area contributed by atoms with Crippen LogP contribution in [0.3, 0.4) is 0 Å². The second kappa shape index (κ2) is 7.47. The lowest BCUT2D eigenvalue weighted by Gasteiger charge is -2.19. The van der Waals surface area contributed by atoms with Gasteiger partial charge in [0.1, 0.15) is 12.0 Å². The van der Waals surface area contributed by atoms with E-state index in [1.807, 2.05) is 12.1 Å². The van der Waals surface area contributed by atoms with Crippen molar-refractivity contribution in [3.8, 4) is 0 Å². The van der Waals surface area contributed by atoms with Gasteiger partial charge in [0.15, 0.2) is 0 Å². The number of aliphatic hydroxyl groups excluding tert-OH is 1. The molecule has 1 amide bonds. The summed E-state index contributed by atoms with van der Waals surface area (Å²) in [5, 5.41) is 12.3. The van der Waals surface area contributed by atoms with Gasteiger partial charge in [-0.05, 0) is 29.3 Å². The Balaban J connectivity index is 1.80. The number of aliphatic hydroxyl groups is 1. The van der Waals surface area contributed by atoms with E-state index in [0.717, 1.165) is 5.56 Å². The molecule has 1 heterocycles. The van der Waals surface area contributed by atoms with Crippen LogP contribution in [0.15, 0.2) is 48.5 Å². The molecule has 8 heteroatoms. The summed E-state index contributed by atoms with van der Waals surface area (Å²) in [5.74, 6) is -0.699. The van der Waals surface area contributed by atoms with Crippen molar-refractivity contribution in [2.45, 2.75) is 12.2 Å². The van der Waals surface area contributed by atoms with Crippen LogP contribution in [0.2, 0.25) is 0 Å². The van der Waals surface area contributed by atoms with Crippen molar-refractivity contribution in [2.24, 2.45) is 0 Å². The Morgan fingerprint density at radius 3 is 2.46 bits per heavy atom. The van der Waals surface area contributed by atoms with Crippen molar-refractivity contribution in [2.75, 3.05) is 6.61 Å². The molecular weight excluding hydrogens is 313 g/mol. The van der Waals surface area contributed by atoms with Gasteiger partial charge in [-0.3, -0.25) is 4.79 Å². The zero-order valence-electron chi connectivity index (χ0n) is 12.7. The van der Waals surface area contributed by atoms with Crippen molar-refractivity contribution in [3.05, 3.63) is 71.0 Å². The minimum absolute atomic E-state index is 0.287. The molecule has 2 aromatic carbocycles. The molecule has 7 nitrogen and oxygen atoms in total. The standard InChI is InChI=1S/C16H18FN5O2/c17-11-7-5-10(6-8-11)14(9-23)18-16(24)13-4-2-1-3-12(13)15-19-21-22-20-15/h1-8,14-15,19-23H,9H2,(H,18,24). The summed E-state index contributed by atoms with van der Waals surface area (Å²) in [4.78, 5) is 12.6. The summed E-state index contributed by atoms with van der Waals surface area (Å²) in [6, 6.07) is 12.2. The molecule has 1 aliphatic heterocycles. The highest BCUT2D eigenvalue weighted by Crippen LogP contribution is 2.19. The van der Waals surface area contributed by atoms with Crippen LogP contribution in [0, 0.1) is 5.82 Å². The van der Waals surface area contributed by atoms with Crippen molar-refractivity contribution in [3.63, 3.8) is 0 Å². The summed E-state index contributed by atoms with van der Waals surface area (Å²) in [7, 11) is 0. The van der Waals surface area contributed by atoms with E-state index in [0.29, 0.717) is 11.1 Å². The zero-order chi connectivity index (χ0) is 16.9. The van der Waals surface area contributed by atoms with Gasteiger partial charge >= 0.3 is 0 Å². The van der Waals surface area contributed by atoms with E-state index in [4.69, 9.17) is 0 Å². The van der Waals surface area contributed by atoms with Gasteiger partial charge in [0.2, 0.25) is 0 Å². The highest BCUT2D eigenvalue weighted by Gasteiger charge is 2.23. The quantitative estimate of drug-likeness (QED) is 0.475. The first-order valence-corrected chi connectivity index (χ1v) is 7.46. The monoisotopic (exact) mass is 331 g/mol. The Bertz CT molecular complexity index is 704. The number of rotatable bonds is 5. The van der Waals surface area contributed by atoms with Gasteiger partial charge < -0.3 is 10.4 Å². The van der Waals surface area contributed by atoms with Crippen LogP contribution in [0.25, 0.3) is 0 Å². The van der Waals surface area contributed by atoms with Gasteiger partial charge in [0.05, 0.1) is 12.6 Å². The lowest BCUT2D eigenvalue weighted by molar-refractivity contribution is 0.0914. The van der Waals surface area contributed by atoms with Crippen LogP contribution in [0.1, 0.15) is 33.7 Å². The third-order valence-corrected chi connectivity index (χ3v) is 3.77. The summed E-state index contributed by atoms with van der Waals surface area (Å²) >= 11 is 0. The highest BCUT2D eigenvalue weighted by molar-refractivity contribution is 5.96. The molecule has 1 atom stereocenters. The third kappa shape index (κ3) is 3.58. The number of hydrogen-bond donors (Lipinski definition) is 6. The molecule has 0 saturated carbocycles. The Morgan fingerprint density at radius 2 is 1.79 bits per heavy atom. The lowest BCUT2D eigenvalue weighted by Crippen LogP contribution is -2.33. The molecule has 1 saturated heterocycles. The first-order chi connectivity index (χ1) is 11.7. The minimum atomic E-state index is -0.619. The normalized spacial score (nSPS) is 16.1. The third-order valence-electron chi connectivity index (χ3n) is 3.77. The zero-order valence-corrected chi connectivity index (χ0v) is 12.7. The molecule has 3 rings (SSSR count). The maximum atomic E-state index is 13.0. The molecule has 1 unspecified atom stereocenters. The maximum Gasteiger partial charge on any atom is 0.252 e. The average molecular weight is 331 g/mol. The SMILES string of the molecule is O=C(NC(CO)c1ccc(F)cc1)c1ccccc1C1NNNN1. The van der Waals surface area contributed by atoms with Gasteiger partial charge in [0.25, 0.3) is 5.91 Å². The predicted octanol–water partition coefficient (Wildman–Crippen LogP) is 0.405. The molecule has 1 fully saturated rings. The number of carbonyl (C=O) groups excluding carboxylic acids is 1. The van der Waals surface area contributed by atoms with E-state index in [-0.39, 0.29) is 24.5 Å². The minimum Gasteiger partial charge on any atom is -0.394 e. The summed E-state index contributed by atoms with van der Waals surface area (Å²) in [6.07, 6.45) is -0.287. The number of benzene rings is 2. The summed E-state index contributed by atoms with van der Waals surface area (Å²) in [6.45, 7) is -0.289. The van der Waals surface area contributed by atoms with E-state index in [9.17, 15) is 14.3 Å². The topological polar surface area (TPSA) is 97.5 Å². The predicted molar refractivity (Wildman–Crippen MR) is 85.4 cm³/mol. The van der Waals surface area contributed by atoms with Gasteiger partial charge in [-0.25, -0.2) is 15.2 Å². The fourth-order valence-corrected chi connectivity index (χ4v) is 2.53. The average Bonchev–Trinajstić information content (AvgIpc) is 3.15. The second-order valence-electron chi connectivity index (χ2n) is 5.32. The Labute approximate surface area is 138 Å². The fraction of sp³-hybridized carbons (Fsp3) is 0.188.